The van der Waals surface area contributed by atoms with Crippen LogP contribution in [0.5, 0.6) is 5.75 Å². The van der Waals surface area contributed by atoms with E-state index in [1.54, 1.807) is 23.1 Å². The Labute approximate surface area is 219 Å². The van der Waals surface area contributed by atoms with Crippen molar-refractivity contribution in [2.45, 2.75) is 20.3 Å². The maximum absolute atomic E-state index is 14.3. The van der Waals surface area contributed by atoms with E-state index in [9.17, 15) is 9.59 Å². The molecule has 0 bridgehead atoms. The minimum absolute atomic E-state index is 0.204. The van der Waals surface area contributed by atoms with Gasteiger partial charge in [-0.05, 0) is 49.2 Å². The molecule has 7 nitrogen and oxygen atoms in total. The Morgan fingerprint density at radius 3 is 2.51 bits per heavy atom. The maximum atomic E-state index is 14.3. The number of hydrogen-bond donors (Lipinski definition) is 0. The van der Waals surface area contributed by atoms with Crippen LogP contribution in [0.2, 0.25) is 5.02 Å². The van der Waals surface area contributed by atoms with Crippen molar-refractivity contribution in [3.63, 3.8) is 0 Å². The molecule has 0 fully saturated rings. The molecule has 5 rings (SSSR count). The van der Waals surface area contributed by atoms with E-state index < -0.39 is 0 Å². The first-order valence-corrected chi connectivity index (χ1v) is 12.5. The molecule has 1 amide bonds. The second-order valence-electron chi connectivity index (χ2n) is 8.93. The summed E-state index contributed by atoms with van der Waals surface area (Å²) in [5, 5.41) is 6.37. The number of methoxy groups -OCH3 is 1. The van der Waals surface area contributed by atoms with Crippen LogP contribution < -0.4 is 15.2 Å². The lowest BCUT2D eigenvalue weighted by molar-refractivity contribution is 0.0982. The number of rotatable bonds is 6. The molecule has 0 aliphatic heterocycles. The van der Waals surface area contributed by atoms with Crippen molar-refractivity contribution in [2.24, 2.45) is 7.05 Å². The number of amides is 1. The molecule has 0 saturated heterocycles. The normalized spacial score (nSPS) is 11.3. The van der Waals surface area contributed by atoms with Crippen molar-refractivity contribution in [3.05, 3.63) is 93.4 Å². The van der Waals surface area contributed by atoms with Crippen LogP contribution >= 0.6 is 11.6 Å². The predicted octanol–water partition coefficient (Wildman–Crippen LogP) is 5.90. The molecule has 0 unspecified atom stereocenters. The first kappa shape index (κ1) is 24.6. The number of anilines is 1. The predicted molar refractivity (Wildman–Crippen MR) is 149 cm³/mol. The second-order valence-corrected chi connectivity index (χ2v) is 9.33. The third kappa shape index (κ3) is 4.05. The molecular weight excluding hydrogens is 488 g/mol. The molecule has 3 aromatic carbocycles. The SMILES string of the molecule is CCCN(C(=O)c1nn(-c2ccc(OC)c(Cl)c2)c(=O)c2c1c1ccccc1n2C)c1ccccc1C. The van der Waals surface area contributed by atoms with Gasteiger partial charge in [-0.2, -0.15) is 9.78 Å². The van der Waals surface area contributed by atoms with E-state index in [1.807, 2.05) is 74.0 Å². The van der Waals surface area contributed by atoms with Gasteiger partial charge in [-0.3, -0.25) is 9.59 Å². The number of aryl methyl sites for hydroxylation is 2. The summed E-state index contributed by atoms with van der Waals surface area (Å²) in [6.45, 7) is 4.51. The van der Waals surface area contributed by atoms with Gasteiger partial charge in [-0.25, -0.2) is 0 Å². The summed E-state index contributed by atoms with van der Waals surface area (Å²) in [7, 11) is 3.36. The molecule has 0 radical (unpaired) electrons. The van der Waals surface area contributed by atoms with Crippen LogP contribution in [-0.2, 0) is 7.05 Å². The van der Waals surface area contributed by atoms with Crippen LogP contribution in [-0.4, -0.2) is 33.9 Å². The summed E-state index contributed by atoms with van der Waals surface area (Å²) in [6.07, 6.45) is 0.756. The highest BCUT2D eigenvalue weighted by Crippen LogP contribution is 2.32. The van der Waals surface area contributed by atoms with Crippen molar-refractivity contribution in [1.29, 1.82) is 0 Å². The molecule has 0 spiro atoms. The number of halogens is 1. The van der Waals surface area contributed by atoms with Crippen molar-refractivity contribution in [1.82, 2.24) is 14.3 Å². The standard InChI is InChI=1S/C29H27ClN4O3/c1-5-16-33(22-12-8-6-10-18(22)2)28(35)26-25-20-11-7-9-13-23(20)32(3)27(25)29(36)34(31-26)19-14-15-24(37-4)21(30)17-19/h6-15,17H,5,16H2,1-4H3. The average molecular weight is 515 g/mol. The van der Waals surface area contributed by atoms with Gasteiger partial charge in [0.1, 0.15) is 11.3 Å². The summed E-state index contributed by atoms with van der Waals surface area (Å²) < 4.78 is 8.35. The third-order valence-electron chi connectivity index (χ3n) is 6.62. The number of aromatic nitrogens is 3. The smallest absolute Gasteiger partial charge is 0.296 e. The molecule has 0 saturated carbocycles. The third-order valence-corrected chi connectivity index (χ3v) is 6.92. The van der Waals surface area contributed by atoms with E-state index >= 15 is 0 Å². The van der Waals surface area contributed by atoms with Crippen LogP contribution in [0.25, 0.3) is 27.5 Å². The molecule has 0 aliphatic carbocycles. The minimum Gasteiger partial charge on any atom is -0.495 e. The quantitative estimate of drug-likeness (QED) is 0.283. The fourth-order valence-corrected chi connectivity index (χ4v) is 5.09. The Hall–Kier alpha value is -4.10. The van der Waals surface area contributed by atoms with Gasteiger partial charge in [0.15, 0.2) is 5.69 Å². The van der Waals surface area contributed by atoms with Gasteiger partial charge in [-0.15, -0.1) is 0 Å². The molecule has 8 heteroatoms. The van der Waals surface area contributed by atoms with E-state index in [2.05, 4.69) is 5.10 Å². The number of ether oxygens (including phenoxy) is 1. The monoisotopic (exact) mass is 514 g/mol. The van der Waals surface area contributed by atoms with Gasteiger partial charge in [-0.1, -0.05) is 54.9 Å². The highest BCUT2D eigenvalue weighted by Gasteiger charge is 2.28. The first-order valence-electron chi connectivity index (χ1n) is 12.1. The lowest BCUT2D eigenvalue weighted by atomic mass is 10.1. The van der Waals surface area contributed by atoms with Crippen molar-refractivity contribution in [2.75, 3.05) is 18.6 Å². The van der Waals surface area contributed by atoms with E-state index in [0.29, 0.717) is 33.9 Å². The summed E-state index contributed by atoms with van der Waals surface area (Å²) in [5.41, 5.74) is 3.33. The van der Waals surface area contributed by atoms with Crippen molar-refractivity contribution in [3.8, 4) is 11.4 Å². The molecule has 2 heterocycles. The average Bonchev–Trinajstić information content (AvgIpc) is 3.21. The van der Waals surface area contributed by atoms with E-state index in [0.717, 1.165) is 28.6 Å². The first-order chi connectivity index (χ1) is 17.9. The van der Waals surface area contributed by atoms with Gasteiger partial charge >= 0.3 is 0 Å². The van der Waals surface area contributed by atoms with Gasteiger partial charge in [0.05, 0.1) is 17.8 Å². The van der Waals surface area contributed by atoms with Crippen LogP contribution in [0, 0.1) is 6.92 Å². The van der Waals surface area contributed by atoms with E-state index in [1.165, 1.54) is 11.8 Å². The lowest BCUT2D eigenvalue weighted by Crippen LogP contribution is -2.35. The van der Waals surface area contributed by atoms with Gasteiger partial charge in [0.25, 0.3) is 11.5 Å². The number of fused-ring (bicyclic) bond motifs is 3. The van der Waals surface area contributed by atoms with Gasteiger partial charge in [0, 0.05) is 35.6 Å². The number of hydrogen-bond acceptors (Lipinski definition) is 4. The summed E-state index contributed by atoms with van der Waals surface area (Å²) >= 11 is 6.39. The number of carbonyl (C=O) groups is 1. The highest BCUT2D eigenvalue weighted by molar-refractivity contribution is 6.32. The Morgan fingerprint density at radius 1 is 1.08 bits per heavy atom. The fraction of sp³-hybridized carbons (Fsp3) is 0.207. The lowest BCUT2D eigenvalue weighted by Gasteiger charge is -2.24. The molecule has 0 aliphatic rings. The van der Waals surface area contributed by atoms with E-state index in [-0.39, 0.29) is 17.2 Å². The molecule has 0 N–H and O–H groups in total. The van der Waals surface area contributed by atoms with Gasteiger partial charge in [0.2, 0.25) is 0 Å². The van der Waals surface area contributed by atoms with E-state index in [4.69, 9.17) is 16.3 Å². The molecule has 0 atom stereocenters. The minimum atomic E-state index is -0.343. The Kier molecular flexibility index (Phi) is 6.48. The zero-order valence-corrected chi connectivity index (χ0v) is 21.9. The largest absolute Gasteiger partial charge is 0.495 e. The molecule has 188 valence electrons. The van der Waals surface area contributed by atoms with Crippen LogP contribution in [0.4, 0.5) is 5.69 Å². The molecular formula is C29H27ClN4O3. The molecule has 5 aromatic rings. The second kappa shape index (κ2) is 9.75. The Morgan fingerprint density at radius 2 is 1.81 bits per heavy atom. The summed E-state index contributed by atoms with van der Waals surface area (Å²) in [6, 6.07) is 20.4. The molecule has 2 aromatic heterocycles. The summed E-state index contributed by atoms with van der Waals surface area (Å²) in [5.74, 6) is 0.208. The van der Waals surface area contributed by atoms with Crippen LogP contribution in [0.15, 0.2) is 71.5 Å². The highest BCUT2D eigenvalue weighted by atomic mass is 35.5. The number of nitrogens with zero attached hydrogens (tertiary/aromatic N) is 4. The number of benzene rings is 3. The summed E-state index contributed by atoms with van der Waals surface area (Å²) in [4.78, 5) is 29.9. The fourth-order valence-electron chi connectivity index (χ4n) is 4.84. The van der Waals surface area contributed by atoms with Crippen LogP contribution in [0.3, 0.4) is 0 Å². The zero-order valence-electron chi connectivity index (χ0n) is 21.2. The van der Waals surface area contributed by atoms with Gasteiger partial charge < -0.3 is 14.2 Å². The van der Waals surface area contributed by atoms with Crippen LogP contribution in [0.1, 0.15) is 29.4 Å². The maximum Gasteiger partial charge on any atom is 0.296 e. The topological polar surface area (TPSA) is 69.4 Å². The number of para-hydroxylation sites is 2. The number of carbonyl (C=O) groups excluding carboxylic acids is 1. The zero-order chi connectivity index (χ0) is 26.3. The van der Waals surface area contributed by atoms with Crippen molar-refractivity contribution < 1.29 is 9.53 Å². The van der Waals surface area contributed by atoms with Crippen molar-refractivity contribution >= 4 is 45.0 Å². The Balaban J connectivity index is 1.85. The molecule has 37 heavy (non-hydrogen) atoms. The Bertz CT molecular complexity index is 1720.